The minimum absolute atomic E-state index is 0.127. The highest BCUT2D eigenvalue weighted by atomic mass is 35.5. The number of hydrogen-bond donors (Lipinski definition) is 5. The molecular formula is C18H20Cl2N5O8PS. The second-order valence-corrected chi connectivity index (χ2v) is 12.8. The first kappa shape index (κ1) is 26.2. The lowest BCUT2D eigenvalue weighted by Crippen LogP contribution is -2.36. The van der Waals surface area contributed by atoms with Crippen molar-refractivity contribution in [3.63, 3.8) is 0 Å². The lowest BCUT2D eigenvalue weighted by atomic mass is 10.1. The number of fused-ring (bicyclic) bond motifs is 1. The Kier molecular flexibility index (Phi) is 7.40. The Morgan fingerprint density at radius 1 is 1.14 bits per heavy atom. The van der Waals surface area contributed by atoms with Crippen molar-refractivity contribution < 1.29 is 37.7 Å². The third-order valence-electron chi connectivity index (χ3n) is 5.19. The van der Waals surface area contributed by atoms with Gasteiger partial charge in [0.25, 0.3) is 0 Å². The summed E-state index contributed by atoms with van der Waals surface area (Å²) in [5.41, 5.74) is -0.496. The highest BCUT2D eigenvalue weighted by Gasteiger charge is 2.47. The third kappa shape index (κ3) is 5.93. The topological polar surface area (TPSA) is 197 Å². The van der Waals surface area contributed by atoms with Crippen LogP contribution in [0, 0.1) is 0 Å². The van der Waals surface area contributed by atoms with Crippen LogP contribution in [-0.4, -0.2) is 77.7 Å². The monoisotopic (exact) mass is 567 g/mol. The molecule has 0 amide bonds. The number of nitrogens with one attached hydrogen (secondary N) is 1. The van der Waals surface area contributed by atoms with Crippen LogP contribution in [0.2, 0.25) is 10.3 Å². The van der Waals surface area contributed by atoms with Gasteiger partial charge in [0.1, 0.15) is 24.1 Å². The number of rotatable bonds is 8. The van der Waals surface area contributed by atoms with Crippen LogP contribution in [0.3, 0.4) is 0 Å². The van der Waals surface area contributed by atoms with Crippen LogP contribution in [-0.2, 0) is 25.7 Å². The number of sulfone groups is 1. The predicted octanol–water partition coefficient (Wildman–Crippen LogP) is 0.914. The molecule has 0 spiro atoms. The Labute approximate surface area is 208 Å². The van der Waals surface area contributed by atoms with Crippen LogP contribution >= 0.6 is 30.8 Å². The molecule has 0 aliphatic carbocycles. The van der Waals surface area contributed by atoms with Gasteiger partial charge in [0.05, 0.1) is 17.3 Å². The molecule has 0 saturated carbocycles. The smallest absolute Gasteiger partial charge is 0.340 e. The van der Waals surface area contributed by atoms with Crippen molar-refractivity contribution in [3.8, 4) is 0 Å². The quantitative estimate of drug-likeness (QED) is 0.191. The average Bonchev–Trinajstić information content (AvgIpc) is 3.27. The minimum atomic E-state index is -4.87. The Hall–Kier alpha value is -1.87. The summed E-state index contributed by atoms with van der Waals surface area (Å²) in [6.45, 7) is 0.300. The summed E-state index contributed by atoms with van der Waals surface area (Å²) in [4.78, 5) is 26.2. The molecule has 13 nitrogen and oxygen atoms in total. The number of anilines is 1. The lowest BCUT2D eigenvalue weighted by Gasteiger charge is -2.16. The number of aliphatic hydroxyl groups excluding tert-OH is 2. The van der Waals surface area contributed by atoms with Crippen molar-refractivity contribution in [3.05, 3.63) is 46.3 Å². The molecule has 4 rings (SSSR count). The SMILES string of the molecule is O=P(O)(O)CS(=O)(=O)C[C@@H]1O[C@@H](n2ncc3c(NCc4ccccc4Cl)nc(Cl)nc32)[C@H](O)[C@@H]1O. The van der Waals surface area contributed by atoms with Gasteiger partial charge in [0.15, 0.2) is 27.2 Å². The number of aromatic nitrogens is 4. The van der Waals surface area contributed by atoms with Crippen LogP contribution in [0.4, 0.5) is 5.82 Å². The van der Waals surface area contributed by atoms with Gasteiger partial charge in [-0.3, -0.25) is 4.57 Å². The molecule has 190 valence electrons. The van der Waals surface area contributed by atoms with E-state index >= 15 is 0 Å². The summed E-state index contributed by atoms with van der Waals surface area (Å²) >= 11 is 12.3. The van der Waals surface area contributed by atoms with Crippen LogP contribution in [0.15, 0.2) is 30.5 Å². The Morgan fingerprint density at radius 2 is 1.86 bits per heavy atom. The maximum absolute atomic E-state index is 12.1. The summed E-state index contributed by atoms with van der Waals surface area (Å²) in [6, 6.07) is 7.18. The molecular weight excluding hydrogens is 548 g/mol. The zero-order valence-corrected chi connectivity index (χ0v) is 20.9. The molecule has 1 aliphatic heterocycles. The van der Waals surface area contributed by atoms with E-state index in [4.69, 9.17) is 37.7 Å². The summed E-state index contributed by atoms with van der Waals surface area (Å²) in [5, 5.41) is 28.9. The molecule has 0 bridgehead atoms. The van der Waals surface area contributed by atoms with Crippen molar-refractivity contribution in [1.82, 2.24) is 19.7 Å². The molecule has 17 heteroatoms. The maximum Gasteiger partial charge on any atom is 0.340 e. The number of nitrogens with zero attached hydrogens (tertiary/aromatic N) is 4. The highest BCUT2D eigenvalue weighted by Crippen LogP contribution is 2.38. The zero-order valence-electron chi connectivity index (χ0n) is 17.6. The fourth-order valence-corrected chi connectivity index (χ4v) is 7.28. The largest absolute Gasteiger partial charge is 0.387 e. The number of benzene rings is 1. The Bertz CT molecular complexity index is 1400. The van der Waals surface area contributed by atoms with Crippen LogP contribution < -0.4 is 5.32 Å². The first-order valence-electron chi connectivity index (χ1n) is 9.99. The van der Waals surface area contributed by atoms with Gasteiger partial charge in [-0.25, -0.2) is 13.1 Å². The molecule has 1 aromatic carbocycles. The van der Waals surface area contributed by atoms with E-state index in [0.717, 1.165) is 10.2 Å². The van der Waals surface area contributed by atoms with Gasteiger partial charge in [0, 0.05) is 11.6 Å². The van der Waals surface area contributed by atoms with Crippen LogP contribution in [0.1, 0.15) is 11.8 Å². The molecule has 0 radical (unpaired) electrons. The fraction of sp³-hybridized carbons (Fsp3) is 0.389. The molecule has 0 unspecified atom stereocenters. The number of aliphatic hydroxyl groups is 2. The van der Waals surface area contributed by atoms with E-state index in [0.29, 0.717) is 22.8 Å². The van der Waals surface area contributed by atoms with Crippen LogP contribution in [0.5, 0.6) is 0 Å². The van der Waals surface area contributed by atoms with Gasteiger partial charge in [-0.1, -0.05) is 29.8 Å². The van der Waals surface area contributed by atoms with E-state index in [-0.39, 0.29) is 10.9 Å². The first-order chi connectivity index (χ1) is 16.3. The summed E-state index contributed by atoms with van der Waals surface area (Å²) in [6.07, 6.45) is -4.76. The minimum Gasteiger partial charge on any atom is -0.387 e. The van der Waals surface area contributed by atoms with Crippen molar-refractivity contribution in [2.45, 2.75) is 31.1 Å². The van der Waals surface area contributed by atoms with E-state index in [1.54, 1.807) is 12.1 Å². The lowest BCUT2D eigenvalue weighted by molar-refractivity contribution is -0.0364. The van der Waals surface area contributed by atoms with Gasteiger partial charge >= 0.3 is 7.60 Å². The second kappa shape index (κ2) is 9.88. The van der Waals surface area contributed by atoms with Crippen LogP contribution in [0.25, 0.3) is 11.0 Å². The van der Waals surface area contributed by atoms with E-state index in [2.05, 4.69) is 20.4 Å². The predicted molar refractivity (Wildman–Crippen MR) is 126 cm³/mol. The van der Waals surface area contributed by atoms with Gasteiger partial charge < -0.3 is 30.1 Å². The second-order valence-electron chi connectivity index (χ2n) is 7.86. The molecule has 5 N–H and O–H groups in total. The summed E-state index contributed by atoms with van der Waals surface area (Å²) in [5.74, 6) is -0.619. The normalized spacial score (nSPS) is 23.1. The van der Waals surface area contributed by atoms with Crippen molar-refractivity contribution in [2.24, 2.45) is 0 Å². The fourth-order valence-electron chi connectivity index (χ4n) is 3.67. The number of hydrogen-bond acceptors (Lipinski definition) is 10. The average molecular weight is 568 g/mol. The molecule has 3 heterocycles. The molecule has 2 aromatic heterocycles. The summed E-state index contributed by atoms with van der Waals surface area (Å²) in [7, 11) is -9.19. The third-order valence-corrected chi connectivity index (χ3v) is 9.49. The standard InChI is InChI=1S/C18H20Cl2N5O8PS/c19-11-4-2-1-3-9(11)5-21-15-10-6-22-25(16(10)24-18(20)23-15)17-14(27)13(26)12(33-17)7-35(31,32)8-34(28,29)30/h1-4,6,12-14,17,26-27H,5,7-8H2,(H,21,23,24)(H2,28,29,30)/t12-,13+,14+,17+/m0/s1. The van der Waals surface area contributed by atoms with E-state index in [1.807, 2.05) is 12.1 Å². The van der Waals surface area contributed by atoms with E-state index in [1.165, 1.54) is 6.20 Å². The molecule has 1 aliphatic rings. The first-order valence-corrected chi connectivity index (χ1v) is 14.4. The van der Waals surface area contributed by atoms with E-state index < -0.39 is 53.2 Å². The maximum atomic E-state index is 12.1. The van der Waals surface area contributed by atoms with Gasteiger partial charge in [-0.2, -0.15) is 15.1 Å². The Morgan fingerprint density at radius 3 is 2.54 bits per heavy atom. The highest BCUT2D eigenvalue weighted by molar-refractivity contribution is 7.97. The Balaban J connectivity index is 1.59. The van der Waals surface area contributed by atoms with Gasteiger partial charge in [-0.05, 0) is 23.2 Å². The zero-order chi connectivity index (χ0) is 25.5. The summed E-state index contributed by atoms with van der Waals surface area (Å²) < 4.78 is 42.0. The van der Waals surface area contributed by atoms with Crippen molar-refractivity contribution >= 4 is 57.5 Å². The molecule has 4 atom stereocenters. The molecule has 1 fully saturated rings. The molecule has 3 aromatic rings. The number of ether oxygens (including phenoxy) is 1. The van der Waals surface area contributed by atoms with E-state index in [9.17, 15) is 23.2 Å². The van der Waals surface area contributed by atoms with Gasteiger partial charge in [-0.15, -0.1) is 0 Å². The number of halogens is 2. The van der Waals surface area contributed by atoms with Crippen molar-refractivity contribution in [1.29, 1.82) is 0 Å². The molecule has 35 heavy (non-hydrogen) atoms. The van der Waals surface area contributed by atoms with Gasteiger partial charge in [0.2, 0.25) is 5.28 Å². The molecule has 1 saturated heterocycles. The van der Waals surface area contributed by atoms with Crippen molar-refractivity contribution in [2.75, 3.05) is 16.6 Å².